The predicted molar refractivity (Wildman–Crippen MR) is 94.1 cm³/mol. The fourth-order valence-corrected chi connectivity index (χ4v) is 4.27. The van der Waals surface area contributed by atoms with Gasteiger partial charge in [-0.05, 0) is 22.3 Å². The number of allylic oxidation sites excluding steroid dienone is 2. The Morgan fingerprint density at radius 1 is 1.42 bits per heavy atom. The number of Topliss-reactive ketones (excluding diaryl/α,β-unsaturated/α-hetero) is 1. The molecule has 3 unspecified atom stereocenters. The molecule has 0 aromatic carbocycles. The second kappa shape index (κ2) is 9.51. The number of hydrogen-bond acceptors (Lipinski definition) is 8. The molecule has 1 rings (SSSR count). The number of aliphatic hydroxyl groups is 2. The first kappa shape index (κ1) is 21.9. The van der Waals surface area contributed by atoms with Gasteiger partial charge < -0.3 is 19.6 Å². The Morgan fingerprint density at radius 2 is 2.08 bits per heavy atom. The number of hydrogen-bond donors (Lipinski definition) is 3. The Labute approximate surface area is 149 Å². The van der Waals surface area contributed by atoms with Gasteiger partial charge in [0, 0.05) is 0 Å². The second-order valence-corrected chi connectivity index (χ2v) is 9.63. The Kier molecular flexibility index (Phi) is 8.67. The van der Waals surface area contributed by atoms with Crippen molar-refractivity contribution in [1.29, 1.82) is 0 Å². The zero-order chi connectivity index (χ0) is 18.4. The number of phosphoric ester groups is 1. The third-order valence-corrected chi connectivity index (χ3v) is 5.71. The average molecular weight is 400 g/mol. The van der Waals surface area contributed by atoms with Crippen LogP contribution < -0.4 is 0 Å². The largest absolute Gasteiger partial charge is 0.473 e. The summed E-state index contributed by atoms with van der Waals surface area (Å²) in [6.07, 6.45) is 0.843. The van der Waals surface area contributed by atoms with Gasteiger partial charge in [-0.15, -0.1) is 0 Å². The maximum absolute atomic E-state index is 12.6. The molecule has 11 heteroatoms. The minimum absolute atomic E-state index is 0.154. The predicted octanol–water partition coefficient (Wildman–Crippen LogP) is 0.910. The number of nitrogens with zero attached hydrogens (tertiary/aromatic N) is 1. The topological polar surface area (TPSA) is 113 Å². The lowest BCUT2D eigenvalue weighted by Crippen LogP contribution is -2.45. The van der Waals surface area contributed by atoms with Crippen molar-refractivity contribution < 1.29 is 38.0 Å². The van der Waals surface area contributed by atoms with Crippen molar-refractivity contribution in [2.75, 3.05) is 40.9 Å². The van der Waals surface area contributed by atoms with Crippen molar-refractivity contribution in [3.05, 3.63) is 22.5 Å². The number of ketones is 1. The van der Waals surface area contributed by atoms with Crippen molar-refractivity contribution >= 4 is 35.2 Å². The normalized spacial score (nSPS) is 20.2. The maximum Gasteiger partial charge on any atom is 0.473 e. The van der Waals surface area contributed by atoms with Crippen LogP contribution in [0.25, 0.3) is 0 Å². The summed E-state index contributed by atoms with van der Waals surface area (Å²) in [5.41, 5.74) is 0. The van der Waals surface area contributed by atoms with Crippen LogP contribution in [0.5, 0.6) is 0 Å². The highest BCUT2D eigenvalue weighted by atomic mass is 33.1. The highest BCUT2D eigenvalue weighted by molar-refractivity contribution is 8.79. The van der Waals surface area contributed by atoms with Crippen LogP contribution in [-0.2, 0) is 18.4 Å². The van der Waals surface area contributed by atoms with E-state index in [4.69, 9.17) is 9.63 Å². The molecule has 0 amide bonds. The number of rotatable bonds is 10. The highest BCUT2D eigenvalue weighted by Crippen LogP contribution is 2.46. The first-order valence-electron chi connectivity index (χ1n) is 7.03. The number of aliphatic hydroxyl groups excluding tert-OH is 2. The van der Waals surface area contributed by atoms with Crippen LogP contribution in [0.4, 0.5) is 0 Å². The molecule has 8 nitrogen and oxygen atoms in total. The second-order valence-electron chi connectivity index (χ2n) is 6.07. The van der Waals surface area contributed by atoms with Gasteiger partial charge in [0.05, 0.1) is 39.3 Å². The van der Waals surface area contributed by atoms with Gasteiger partial charge in [-0.1, -0.05) is 16.9 Å². The molecule has 0 bridgehead atoms. The molecule has 0 fully saturated rings. The molecule has 0 saturated heterocycles. The molecule has 0 spiro atoms. The Morgan fingerprint density at radius 3 is 2.58 bits per heavy atom. The number of quaternary nitrogens is 1. The molecule has 1 aliphatic heterocycles. The molecule has 0 aromatic heterocycles. The summed E-state index contributed by atoms with van der Waals surface area (Å²) >= 11 is 0. The third-order valence-electron chi connectivity index (χ3n) is 2.67. The number of likely N-dealkylation sites (N-methyl/N-ethyl adjacent to an activating group) is 1. The van der Waals surface area contributed by atoms with Crippen molar-refractivity contribution in [3.63, 3.8) is 0 Å². The van der Waals surface area contributed by atoms with Gasteiger partial charge >= 0.3 is 7.82 Å². The molecular formula is C13H23NO7PS2+. The monoisotopic (exact) mass is 400 g/mol. The minimum atomic E-state index is -4.57. The minimum Gasteiger partial charge on any atom is -0.394 e. The third kappa shape index (κ3) is 8.28. The summed E-state index contributed by atoms with van der Waals surface area (Å²) in [6, 6.07) is 0. The van der Waals surface area contributed by atoms with Gasteiger partial charge in [-0.2, -0.15) is 0 Å². The van der Waals surface area contributed by atoms with Crippen molar-refractivity contribution in [2.24, 2.45) is 0 Å². The average Bonchev–Trinajstić information content (AvgIpc) is 2.50. The SMILES string of the molecule is C[N+](C)(C)CC(OP(=O)(O)OCC(O)CO)C(=O)C1=CC=CSS1. The van der Waals surface area contributed by atoms with Gasteiger partial charge in [0.2, 0.25) is 5.78 Å². The van der Waals surface area contributed by atoms with Crippen LogP contribution >= 0.6 is 29.4 Å². The van der Waals surface area contributed by atoms with E-state index in [1.165, 1.54) is 21.6 Å². The molecule has 1 heterocycles. The lowest BCUT2D eigenvalue weighted by molar-refractivity contribution is -0.872. The Bertz CT molecular complexity index is 547. The Balaban J connectivity index is 2.85. The molecule has 0 aromatic rings. The molecule has 1 aliphatic rings. The maximum atomic E-state index is 12.6. The van der Waals surface area contributed by atoms with E-state index in [0.717, 1.165) is 0 Å². The smallest absolute Gasteiger partial charge is 0.394 e. The summed E-state index contributed by atoms with van der Waals surface area (Å²) in [5, 5.41) is 19.7. The first-order chi connectivity index (χ1) is 11.0. The molecule has 0 saturated carbocycles. The van der Waals surface area contributed by atoms with E-state index in [-0.39, 0.29) is 6.54 Å². The first-order valence-corrected chi connectivity index (χ1v) is 10.7. The van der Waals surface area contributed by atoms with Crippen LogP contribution in [0.1, 0.15) is 0 Å². The van der Waals surface area contributed by atoms with Crippen LogP contribution in [0.15, 0.2) is 22.5 Å². The zero-order valence-electron chi connectivity index (χ0n) is 13.7. The van der Waals surface area contributed by atoms with Gasteiger partial charge in [0.1, 0.15) is 12.6 Å². The van der Waals surface area contributed by atoms with Crippen molar-refractivity contribution in [2.45, 2.75) is 12.2 Å². The molecule has 0 radical (unpaired) electrons. The van der Waals surface area contributed by atoms with Gasteiger partial charge in [0.15, 0.2) is 6.10 Å². The number of carbonyl (C=O) groups excluding carboxylic acids is 1. The fraction of sp³-hybridized carbons (Fsp3) is 0.615. The van der Waals surface area contributed by atoms with E-state index >= 15 is 0 Å². The van der Waals surface area contributed by atoms with E-state index in [0.29, 0.717) is 9.39 Å². The van der Waals surface area contributed by atoms with Crippen LogP contribution in [0.2, 0.25) is 0 Å². The summed E-state index contributed by atoms with van der Waals surface area (Å²) < 4.78 is 22.1. The Hall–Kier alpha value is -0.160. The molecule has 24 heavy (non-hydrogen) atoms. The standard InChI is InChI=1S/C13H22NO7PS2/c1-14(2,3)7-11(13(17)12-5-4-6-23-24-12)21-22(18,19)20-9-10(16)8-15/h4-6,10-11,15-16H,7-9H2,1-3H3/p+1. The van der Waals surface area contributed by atoms with Crippen LogP contribution in [0, 0.1) is 0 Å². The molecule has 0 aliphatic carbocycles. The van der Waals surface area contributed by atoms with E-state index in [9.17, 15) is 19.4 Å². The van der Waals surface area contributed by atoms with Crippen LogP contribution in [-0.4, -0.2) is 78.5 Å². The summed E-state index contributed by atoms with van der Waals surface area (Å²) in [5.74, 6) is -0.412. The molecule has 3 atom stereocenters. The molecule has 138 valence electrons. The van der Waals surface area contributed by atoms with E-state index in [1.807, 2.05) is 26.6 Å². The fourth-order valence-electron chi connectivity index (χ4n) is 1.63. The lowest BCUT2D eigenvalue weighted by atomic mass is 10.2. The number of phosphoric acid groups is 1. The zero-order valence-corrected chi connectivity index (χ0v) is 16.2. The number of carbonyl (C=O) groups is 1. The van der Waals surface area contributed by atoms with Crippen LogP contribution in [0.3, 0.4) is 0 Å². The lowest BCUT2D eigenvalue weighted by Gasteiger charge is -2.29. The summed E-state index contributed by atoms with van der Waals surface area (Å²) in [4.78, 5) is 22.8. The van der Waals surface area contributed by atoms with Crippen molar-refractivity contribution in [1.82, 2.24) is 0 Å². The van der Waals surface area contributed by atoms with E-state index in [1.54, 1.807) is 12.2 Å². The quantitative estimate of drug-likeness (QED) is 0.280. The highest BCUT2D eigenvalue weighted by Gasteiger charge is 2.36. The van der Waals surface area contributed by atoms with E-state index in [2.05, 4.69) is 4.52 Å². The summed E-state index contributed by atoms with van der Waals surface area (Å²) in [6.45, 7) is -1.04. The van der Waals surface area contributed by atoms with E-state index < -0.39 is 39.0 Å². The van der Waals surface area contributed by atoms with Gasteiger partial charge in [-0.25, -0.2) is 4.57 Å². The molecular weight excluding hydrogens is 377 g/mol. The van der Waals surface area contributed by atoms with Gasteiger partial charge in [-0.3, -0.25) is 13.8 Å². The molecule has 3 N–H and O–H groups in total. The van der Waals surface area contributed by atoms with Gasteiger partial charge in [0.25, 0.3) is 0 Å². The van der Waals surface area contributed by atoms with Crippen molar-refractivity contribution in [3.8, 4) is 0 Å². The summed E-state index contributed by atoms with van der Waals surface area (Å²) in [7, 11) is 3.49.